The van der Waals surface area contributed by atoms with E-state index in [9.17, 15) is 4.79 Å². The zero-order valence-corrected chi connectivity index (χ0v) is 18.6. The maximum absolute atomic E-state index is 12.5. The van der Waals surface area contributed by atoms with Gasteiger partial charge >= 0.3 is 0 Å². The zero-order valence-electron chi connectivity index (χ0n) is 17.8. The number of hydrogen-bond donors (Lipinski definition) is 1. The SMILES string of the molecule is CCCCCCCCCCCCNC(=O)C1=C(SCc2ccccc2)CCC1. The van der Waals surface area contributed by atoms with Gasteiger partial charge < -0.3 is 5.32 Å². The fourth-order valence-corrected chi connectivity index (χ4v) is 4.97. The summed E-state index contributed by atoms with van der Waals surface area (Å²) in [7, 11) is 0. The quantitative estimate of drug-likeness (QED) is 0.310. The molecule has 1 N–H and O–H groups in total. The van der Waals surface area contributed by atoms with E-state index >= 15 is 0 Å². The fraction of sp³-hybridized carbons (Fsp3) is 0.640. The van der Waals surface area contributed by atoms with E-state index in [-0.39, 0.29) is 5.91 Å². The summed E-state index contributed by atoms with van der Waals surface area (Å²) in [6.07, 6.45) is 16.5. The Morgan fingerprint density at radius 3 is 2.21 bits per heavy atom. The Balaban J connectivity index is 1.55. The molecule has 0 radical (unpaired) electrons. The maximum Gasteiger partial charge on any atom is 0.247 e. The third-order valence-electron chi connectivity index (χ3n) is 5.51. The summed E-state index contributed by atoms with van der Waals surface area (Å²) < 4.78 is 0. The van der Waals surface area contributed by atoms with Crippen molar-refractivity contribution in [1.82, 2.24) is 5.32 Å². The van der Waals surface area contributed by atoms with Crippen LogP contribution in [-0.4, -0.2) is 12.5 Å². The lowest BCUT2D eigenvalue weighted by Gasteiger charge is -2.09. The van der Waals surface area contributed by atoms with E-state index in [1.807, 2.05) is 11.8 Å². The molecule has 0 spiro atoms. The summed E-state index contributed by atoms with van der Waals surface area (Å²) in [5, 5.41) is 3.17. The van der Waals surface area contributed by atoms with Crippen molar-refractivity contribution in [2.45, 2.75) is 96.1 Å². The van der Waals surface area contributed by atoms with Gasteiger partial charge in [-0.25, -0.2) is 0 Å². The Morgan fingerprint density at radius 2 is 1.54 bits per heavy atom. The van der Waals surface area contributed by atoms with Gasteiger partial charge in [0.25, 0.3) is 0 Å². The summed E-state index contributed by atoms with van der Waals surface area (Å²) in [5.74, 6) is 1.15. The Bertz CT molecular complexity index is 581. The van der Waals surface area contributed by atoms with Crippen molar-refractivity contribution >= 4 is 17.7 Å². The average Bonchev–Trinajstić information content (AvgIpc) is 3.20. The monoisotopic (exact) mass is 401 g/mol. The second-order valence-corrected chi connectivity index (χ2v) is 9.04. The molecule has 1 aromatic rings. The van der Waals surface area contributed by atoms with Crippen LogP contribution in [0.2, 0.25) is 0 Å². The van der Waals surface area contributed by atoms with Crippen LogP contribution in [0.5, 0.6) is 0 Å². The van der Waals surface area contributed by atoms with E-state index in [2.05, 4.69) is 42.6 Å². The van der Waals surface area contributed by atoms with Crippen LogP contribution < -0.4 is 5.32 Å². The first-order chi connectivity index (χ1) is 13.8. The fourth-order valence-electron chi connectivity index (χ4n) is 3.78. The van der Waals surface area contributed by atoms with E-state index < -0.39 is 0 Å². The van der Waals surface area contributed by atoms with Gasteiger partial charge in [-0.3, -0.25) is 4.79 Å². The lowest BCUT2D eigenvalue weighted by atomic mass is 10.1. The Kier molecular flexibility index (Phi) is 12.1. The Hall–Kier alpha value is -1.22. The zero-order chi connectivity index (χ0) is 19.9. The first-order valence-corrected chi connectivity index (χ1v) is 12.5. The van der Waals surface area contributed by atoms with Crippen molar-refractivity contribution < 1.29 is 4.79 Å². The third-order valence-corrected chi connectivity index (χ3v) is 6.79. The van der Waals surface area contributed by atoms with Crippen molar-refractivity contribution in [3.8, 4) is 0 Å². The lowest BCUT2D eigenvalue weighted by Crippen LogP contribution is -2.25. The van der Waals surface area contributed by atoms with Gasteiger partial charge in [-0.2, -0.15) is 0 Å². The Morgan fingerprint density at radius 1 is 0.893 bits per heavy atom. The number of rotatable bonds is 15. The second kappa shape index (κ2) is 14.7. The molecule has 156 valence electrons. The molecule has 0 saturated heterocycles. The van der Waals surface area contributed by atoms with Crippen LogP contribution in [0.4, 0.5) is 0 Å². The van der Waals surface area contributed by atoms with Crippen molar-refractivity contribution in [2.24, 2.45) is 0 Å². The molecule has 0 aliphatic heterocycles. The smallest absolute Gasteiger partial charge is 0.247 e. The first kappa shape index (κ1) is 23.1. The number of hydrogen-bond acceptors (Lipinski definition) is 2. The van der Waals surface area contributed by atoms with Crippen LogP contribution in [0.1, 0.15) is 96.0 Å². The lowest BCUT2D eigenvalue weighted by molar-refractivity contribution is -0.117. The second-order valence-electron chi connectivity index (χ2n) is 7.97. The summed E-state index contributed by atoms with van der Waals surface area (Å²) in [6, 6.07) is 10.5. The normalized spacial score (nSPS) is 13.9. The van der Waals surface area contributed by atoms with E-state index in [1.54, 1.807) is 0 Å². The highest BCUT2D eigenvalue weighted by atomic mass is 32.2. The first-order valence-electron chi connectivity index (χ1n) is 11.5. The van der Waals surface area contributed by atoms with Crippen LogP contribution >= 0.6 is 11.8 Å². The summed E-state index contributed by atoms with van der Waals surface area (Å²) in [4.78, 5) is 13.9. The molecule has 0 fully saturated rings. The van der Waals surface area contributed by atoms with Crippen molar-refractivity contribution in [1.29, 1.82) is 0 Å². The van der Waals surface area contributed by atoms with Crippen LogP contribution in [0, 0.1) is 0 Å². The van der Waals surface area contributed by atoms with Crippen LogP contribution in [0.15, 0.2) is 40.8 Å². The van der Waals surface area contributed by atoms with Crippen LogP contribution in [-0.2, 0) is 10.5 Å². The van der Waals surface area contributed by atoms with Crippen molar-refractivity contribution in [3.63, 3.8) is 0 Å². The molecule has 0 unspecified atom stereocenters. The Labute approximate surface area is 177 Å². The molecule has 1 aliphatic rings. The highest BCUT2D eigenvalue weighted by molar-refractivity contribution is 8.02. The highest BCUT2D eigenvalue weighted by Gasteiger charge is 2.20. The van der Waals surface area contributed by atoms with Crippen LogP contribution in [0.3, 0.4) is 0 Å². The van der Waals surface area contributed by atoms with E-state index in [0.717, 1.165) is 43.6 Å². The minimum Gasteiger partial charge on any atom is -0.352 e. The van der Waals surface area contributed by atoms with Gasteiger partial charge in [0.1, 0.15) is 0 Å². The molecule has 0 aromatic heterocycles. The number of amides is 1. The number of benzene rings is 1. The maximum atomic E-state index is 12.5. The minimum absolute atomic E-state index is 0.184. The predicted octanol–water partition coefficient (Wildman–Crippen LogP) is 7.39. The summed E-state index contributed by atoms with van der Waals surface area (Å²) in [6.45, 7) is 3.10. The molecule has 2 rings (SSSR count). The van der Waals surface area contributed by atoms with Gasteiger partial charge in [-0.15, -0.1) is 11.8 Å². The van der Waals surface area contributed by atoms with E-state index in [1.165, 1.54) is 68.3 Å². The van der Waals surface area contributed by atoms with Crippen LogP contribution in [0.25, 0.3) is 0 Å². The third kappa shape index (κ3) is 9.32. The molecule has 0 heterocycles. The summed E-state index contributed by atoms with van der Waals surface area (Å²) in [5.41, 5.74) is 2.38. The number of unbranched alkanes of at least 4 members (excludes halogenated alkanes) is 9. The standard InChI is InChI=1S/C25H39NOS/c1-2-3-4-5-6-7-8-9-10-14-20-26-25(27)23-18-15-19-24(23)28-21-22-16-12-11-13-17-22/h11-13,16-17H,2-10,14-15,18-21H2,1H3,(H,26,27). The van der Waals surface area contributed by atoms with E-state index in [0.29, 0.717) is 0 Å². The predicted molar refractivity (Wildman–Crippen MR) is 123 cm³/mol. The van der Waals surface area contributed by atoms with Crippen molar-refractivity contribution in [2.75, 3.05) is 6.54 Å². The highest BCUT2D eigenvalue weighted by Crippen LogP contribution is 2.36. The molecule has 28 heavy (non-hydrogen) atoms. The summed E-state index contributed by atoms with van der Waals surface area (Å²) >= 11 is 1.85. The van der Waals surface area contributed by atoms with Gasteiger partial charge in [0.15, 0.2) is 0 Å². The molecular weight excluding hydrogens is 362 g/mol. The number of thioether (sulfide) groups is 1. The molecule has 0 saturated carbocycles. The molecule has 2 nitrogen and oxygen atoms in total. The van der Waals surface area contributed by atoms with Gasteiger partial charge in [-0.05, 0) is 36.2 Å². The van der Waals surface area contributed by atoms with Crippen molar-refractivity contribution in [3.05, 3.63) is 46.4 Å². The molecule has 0 atom stereocenters. The van der Waals surface area contributed by atoms with Gasteiger partial charge in [0, 0.05) is 17.9 Å². The molecular formula is C25H39NOS. The molecule has 1 aromatic carbocycles. The molecule has 1 aliphatic carbocycles. The molecule has 0 bridgehead atoms. The topological polar surface area (TPSA) is 29.1 Å². The number of nitrogens with one attached hydrogen (secondary N) is 1. The van der Waals surface area contributed by atoms with Gasteiger partial charge in [-0.1, -0.05) is 95.0 Å². The van der Waals surface area contributed by atoms with Gasteiger partial charge in [0.2, 0.25) is 5.91 Å². The molecule has 3 heteroatoms. The average molecular weight is 402 g/mol. The van der Waals surface area contributed by atoms with Gasteiger partial charge in [0.05, 0.1) is 0 Å². The molecule has 1 amide bonds. The number of carbonyl (C=O) groups excluding carboxylic acids is 1. The minimum atomic E-state index is 0.184. The number of carbonyl (C=O) groups is 1. The largest absolute Gasteiger partial charge is 0.352 e. The van der Waals surface area contributed by atoms with E-state index in [4.69, 9.17) is 0 Å². The number of allylic oxidation sites excluding steroid dienone is 1.